The first-order valence-corrected chi connectivity index (χ1v) is 9.96. The molecule has 1 fully saturated rings. The molecular weight excluding hydrogens is 336 g/mol. The molecule has 3 rings (SSSR count). The second-order valence-corrected chi connectivity index (χ2v) is 7.90. The minimum atomic E-state index is 0.0319. The smallest absolute Gasteiger partial charge is 0.224 e. The van der Waals surface area contributed by atoms with Crippen molar-refractivity contribution in [3.8, 4) is 11.3 Å². The lowest BCUT2D eigenvalue weighted by Gasteiger charge is -2.32. The van der Waals surface area contributed by atoms with Crippen LogP contribution in [0, 0.1) is 18.8 Å². The van der Waals surface area contributed by atoms with Gasteiger partial charge in [-0.1, -0.05) is 43.7 Å². The number of piperidine rings is 1. The lowest BCUT2D eigenvalue weighted by molar-refractivity contribution is -0.125. The van der Waals surface area contributed by atoms with Crippen LogP contribution in [0.2, 0.25) is 0 Å². The molecule has 1 amide bonds. The number of aromatic nitrogens is 2. The zero-order valence-corrected chi connectivity index (χ0v) is 16.6. The Bertz CT molecular complexity index is 740. The molecule has 1 aliphatic rings. The number of nitrogens with one attached hydrogen (secondary N) is 1. The third-order valence-electron chi connectivity index (χ3n) is 5.13. The van der Waals surface area contributed by atoms with Crippen LogP contribution in [0.4, 0.5) is 5.82 Å². The van der Waals surface area contributed by atoms with Crippen LogP contribution < -0.4 is 10.2 Å². The van der Waals surface area contributed by atoms with Crippen LogP contribution in [0.5, 0.6) is 0 Å². The predicted octanol–water partition coefficient (Wildman–Crippen LogP) is 3.83. The number of hydrogen-bond acceptors (Lipinski definition) is 4. The second-order valence-electron chi connectivity index (χ2n) is 7.90. The van der Waals surface area contributed by atoms with Gasteiger partial charge in [-0.05, 0) is 44.2 Å². The molecule has 1 aromatic heterocycles. The standard InChI is InChI=1S/C22H30N4O/c1-16(2)12-13-23-22(27)19-5-4-14-26(15-19)21-11-10-20(24-25-21)18-8-6-17(3)7-9-18/h6-11,16,19H,4-5,12-15H2,1-3H3,(H,23,27)/t19-/m0/s1. The molecule has 1 saturated heterocycles. The zero-order valence-electron chi connectivity index (χ0n) is 16.6. The van der Waals surface area contributed by atoms with E-state index in [0.717, 1.165) is 49.4 Å². The van der Waals surface area contributed by atoms with Crippen molar-refractivity contribution in [2.45, 2.75) is 40.0 Å². The highest BCUT2D eigenvalue weighted by Crippen LogP contribution is 2.23. The maximum absolute atomic E-state index is 12.4. The summed E-state index contributed by atoms with van der Waals surface area (Å²) in [7, 11) is 0. The highest BCUT2D eigenvalue weighted by atomic mass is 16.1. The molecule has 5 nitrogen and oxygen atoms in total. The molecule has 27 heavy (non-hydrogen) atoms. The van der Waals surface area contributed by atoms with E-state index in [1.54, 1.807) is 0 Å². The first-order valence-electron chi connectivity index (χ1n) is 9.96. The van der Waals surface area contributed by atoms with Gasteiger partial charge < -0.3 is 10.2 Å². The molecule has 1 N–H and O–H groups in total. The van der Waals surface area contributed by atoms with Crippen molar-refractivity contribution in [2.24, 2.45) is 11.8 Å². The molecule has 0 aliphatic carbocycles. The Morgan fingerprint density at radius 2 is 1.96 bits per heavy atom. The van der Waals surface area contributed by atoms with E-state index >= 15 is 0 Å². The highest BCUT2D eigenvalue weighted by molar-refractivity contribution is 5.79. The summed E-state index contributed by atoms with van der Waals surface area (Å²) in [6, 6.07) is 12.3. The molecule has 2 heterocycles. The van der Waals surface area contributed by atoms with E-state index in [1.165, 1.54) is 5.56 Å². The number of rotatable bonds is 6. The molecule has 0 unspecified atom stereocenters. The van der Waals surface area contributed by atoms with Crippen LogP contribution in [0.15, 0.2) is 36.4 Å². The Labute approximate surface area is 162 Å². The topological polar surface area (TPSA) is 58.1 Å². The molecule has 1 atom stereocenters. The minimum Gasteiger partial charge on any atom is -0.356 e. The summed E-state index contributed by atoms with van der Waals surface area (Å²) in [5.41, 5.74) is 3.17. The molecule has 2 aromatic rings. The molecular formula is C22H30N4O. The molecule has 144 valence electrons. The van der Waals surface area contributed by atoms with Crippen molar-refractivity contribution >= 4 is 11.7 Å². The van der Waals surface area contributed by atoms with Gasteiger partial charge in [0.25, 0.3) is 0 Å². The van der Waals surface area contributed by atoms with Gasteiger partial charge in [-0.15, -0.1) is 10.2 Å². The van der Waals surface area contributed by atoms with E-state index in [2.05, 4.69) is 65.5 Å². The van der Waals surface area contributed by atoms with E-state index in [0.29, 0.717) is 12.5 Å². The largest absolute Gasteiger partial charge is 0.356 e. The first kappa shape index (κ1) is 19.3. The van der Waals surface area contributed by atoms with E-state index in [4.69, 9.17) is 0 Å². The Kier molecular flexibility index (Phi) is 6.43. The number of amides is 1. The lowest BCUT2D eigenvalue weighted by atomic mass is 9.97. The minimum absolute atomic E-state index is 0.0319. The molecule has 0 bridgehead atoms. The van der Waals surface area contributed by atoms with E-state index < -0.39 is 0 Å². The summed E-state index contributed by atoms with van der Waals surface area (Å²) in [5, 5.41) is 11.9. The zero-order chi connectivity index (χ0) is 19.2. The molecule has 0 spiro atoms. The number of benzene rings is 1. The van der Waals surface area contributed by atoms with Crippen LogP contribution in [0.1, 0.15) is 38.7 Å². The average molecular weight is 367 g/mol. The number of anilines is 1. The van der Waals surface area contributed by atoms with Gasteiger partial charge in [0.2, 0.25) is 5.91 Å². The van der Waals surface area contributed by atoms with Crippen molar-refractivity contribution in [1.82, 2.24) is 15.5 Å². The summed E-state index contributed by atoms with van der Waals surface area (Å²) < 4.78 is 0. The average Bonchev–Trinajstić information content (AvgIpc) is 2.68. The van der Waals surface area contributed by atoms with Gasteiger partial charge in [-0.2, -0.15) is 0 Å². The quantitative estimate of drug-likeness (QED) is 0.844. The Hall–Kier alpha value is -2.43. The molecule has 1 aromatic carbocycles. The van der Waals surface area contributed by atoms with Crippen LogP contribution >= 0.6 is 0 Å². The molecule has 0 radical (unpaired) electrons. The lowest BCUT2D eigenvalue weighted by Crippen LogP contribution is -2.43. The number of carbonyl (C=O) groups excluding carboxylic acids is 1. The number of carbonyl (C=O) groups is 1. The highest BCUT2D eigenvalue weighted by Gasteiger charge is 2.26. The van der Waals surface area contributed by atoms with Crippen LogP contribution in [-0.2, 0) is 4.79 Å². The van der Waals surface area contributed by atoms with E-state index in [1.807, 2.05) is 12.1 Å². The Balaban J connectivity index is 1.60. The maximum Gasteiger partial charge on any atom is 0.224 e. The molecule has 5 heteroatoms. The predicted molar refractivity (Wildman–Crippen MR) is 110 cm³/mol. The van der Waals surface area contributed by atoms with Crippen molar-refractivity contribution in [2.75, 3.05) is 24.5 Å². The fourth-order valence-corrected chi connectivity index (χ4v) is 3.40. The summed E-state index contributed by atoms with van der Waals surface area (Å²) in [6.45, 7) is 8.82. The monoisotopic (exact) mass is 366 g/mol. The van der Waals surface area contributed by atoms with Gasteiger partial charge in [0.15, 0.2) is 5.82 Å². The van der Waals surface area contributed by atoms with Crippen LogP contribution in [0.25, 0.3) is 11.3 Å². The first-order chi connectivity index (χ1) is 13.0. The third kappa shape index (κ3) is 5.28. The van der Waals surface area contributed by atoms with Gasteiger partial charge in [-0.3, -0.25) is 4.79 Å². The van der Waals surface area contributed by atoms with Crippen molar-refractivity contribution in [3.63, 3.8) is 0 Å². The molecule has 0 saturated carbocycles. The third-order valence-corrected chi connectivity index (χ3v) is 5.13. The van der Waals surface area contributed by atoms with Gasteiger partial charge in [0.05, 0.1) is 11.6 Å². The number of hydrogen-bond donors (Lipinski definition) is 1. The molecule has 1 aliphatic heterocycles. The van der Waals surface area contributed by atoms with Crippen LogP contribution in [-0.4, -0.2) is 35.7 Å². The maximum atomic E-state index is 12.4. The summed E-state index contributed by atoms with van der Waals surface area (Å²) in [4.78, 5) is 14.6. The van der Waals surface area contributed by atoms with E-state index in [9.17, 15) is 4.79 Å². The summed E-state index contributed by atoms with van der Waals surface area (Å²) in [5.74, 6) is 1.66. The van der Waals surface area contributed by atoms with Crippen molar-refractivity contribution in [1.29, 1.82) is 0 Å². The van der Waals surface area contributed by atoms with Crippen molar-refractivity contribution in [3.05, 3.63) is 42.0 Å². The van der Waals surface area contributed by atoms with Crippen LogP contribution in [0.3, 0.4) is 0 Å². The summed E-state index contributed by atoms with van der Waals surface area (Å²) >= 11 is 0. The normalized spacial score (nSPS) is 17.2. The summed E-state index contributed by atoms with van der Waals surface area (Å²) in [6.07, 6.45) is 2.97. The Morgan fingerprint density at radius 3 is 2.63 bits per heavy atom. The SMILES string of the molecule is Cc1ccc(-c2ccc(N3CCC[C@H](C(=O)NCCC(C)C)C3)nn2)cc1. The van der Waals surface area contributed by atoms with Gasteiger partial charge in [0, 0.05) is 25.2 Å². The fraction of sp³-hybridized carbons (Fsp3) is 0.500. The van der Waals surface area contributed by atoms with E-state index in [-0.39, 0.29) is 11.8 Å². The van der Waals surface area contributed by atoms with Gasteiger partial charge in [-0.25, -0.2) is 0 Å². The number of aryl methyl sites for hydroxylation is 1. The Morgan fingerprint density at radius 1 is 1.19 bits per heavy atom. The van der Waals surface area contributed by atoms with Gasteiger partial charge in [0.1, 0.15) is 0 Å². The fourth-order valence-electron chi connectivity index (χ4n) is 3.40. The van der Waals surface area contributed by atoms with Crippen molar-refractivity contribution < 1.29 is 4.79 Å². The number of nitrogens with zero attached hydrogens (tertiary/aromatic N) is 3. The second kappa shape index (κ2) is 8.98. The van der Waals surface area contributed by atoms with Gasteiger partial charge >= 0.3 is 0 Å².